The van der Waals surface area contributed by atoms with Crippen LogP contribution in [0.1, 0.15) is 89.7 Å². The monoisotopic (exact) mass is 1080 g/mol. The number of carboxylic acid groups (broad SMARTS) is 1. The van der Waals surface area contributed by atoms with Gasteiger partial charge in [0.2, 0.25) is 23.6 Å². The molecule has 0 fully saturated rings. The Morgan fingerprint density at radius 1 is 0.694 bits per heavy atom. The molecule has 2 aromatic carbocycles. The second-order valence-electron chi connectivity index (χ2n) is 18.4. The third-order valence-electron chi connectivity index (χ3n) is 11.8. The van der Waals surface area contributed by atoms with Gasteiger partial charge in [0, 0.05) is 41.8 Å². The van der Waals surface area contributed by atoms with E-state index >= 15 is 0 Å². The molecule has 1 aliphatic carbocycles. The summed E-state index contributed by atoms with van der Waals surface area (Å²) in [5, 5.41) is 63.3. The van der Waals surface area contributed by atoms with Crippen molar-refractivity contribution in [1.29, 1.82) is 0 Å². The van der Waals surface area contributed by atoms with Crippen molar-refractivity contribution < 1.29 is 63.8 Å². The molecule has 72 heavy (non-hydrogen) atoms. The normalized spacial score (nSPS) is 15.9. The molecule has 8 atom stereocenters. The number of aliphatic carboxylic acids is 1. The van der Waals surface area contributed by atoms with Gasteiger partial charge in [-0.3, -0.25) is 24.0 Å². The van der Waals surface area contributed by atoms with E-state index in [1.165, 1.54) is 23.5 Å². The second-order valence-corrected chi connectivity index (χ2v) is 21.9. The molecule has 0 radical (unpaired) electrons. The first kappa shape index (κ1) is 62.2. The minimum Gasteiger partial charge on any atom is -0.480 e. The minimum atomic E-state index is -1.58. The zero-order valence-corrected chi connectivity index (χ0v) is 44.7. The van der Waals surface area contributed by atoms with E-state index in [0.29, 0.717) is 19.4 Å². The summed E-state index contributed by atoms with van der Waals surface area (Å²) in [6, 6.07) is 10.3. The van der Waals surface area contributed by atoms with Crippen molar-refractivity contribution in [3.8, 4) is 11.1 Å². The number of aliphatic hydroxyl groups excluding tert-OH is 4. The fourth-order valence-electron chi connectivity index (χ4n) is 7.73. The number of alkyl carbamates (subject to hydrolysis) is 1. The van der Waals surface area contributed by atoms with Gasteiger partial charge in [0.1, 0.15) is 36.6 Å². The summed E-state index contributed by atoms with van der Waals surface area (Å²) in [5.74, 6) is -5.92. The van der Waals surface area contributed by atoms with Crippen molar-refractivity contribution >= 4 is 90.3 Å². The largest absolute Gasteiger partial charge is 0.480 e. The van der Waals surface area contributed by atoms with Gasteiger partial charge in [0.25, 0.3) is 0 Å². The molecule has 2 aromatic rings. The van der Waals surface area contributed by atoms with E-state index in [9.17, 15) is 59.1 Å². The van der Waals surface area contributed by atoms with E-state index in [-0.39, 0.29) is 67.1 Å². The molecule has 19 nitrogen and oxygen atoms in total. The van der Waals surface area contributed by atoms with Crippen LogP contribution in [0.25, 0.3) is 11.1 Å². The predicted molar refractivity (Wildman–Crippen MR) is 285 cm³/mol. The number of benzene rings is 2. The number of carbonyl (C=O) groups is 7. The molecule has 0 aliphatic heterocycles. The summed E-state index contributed by atoms with van der Waals surface area (Å²) >= 11 is 10.5. The number of Topliss-reactive ketones (excluding diaryl/α,β-unsaturated/α-hetero) is 1. The Morgan fingerprint density at radius 2 is 1.25 bits per heavy atom. The van der Waals surface area contributed by atoms with Gasteiger partial charge in [0.05, 0.1) is 35.5 Å². The van der Waals surface area contributed by atoms with Crippen molar-refractivity contribution in [3.05, 3.63) is 59.7 Å². The number of ether oxygens (including phenoxy) is 1. The molecular weight excluding hydrogens is 1010 g/mol. The van der Waals surface area contributed by atoms with Gasteiger partial charge < -0.3 is 62.6 Å². The molecule has 0 spiro atoms. The van der Waals surface area contributed by atoms with Crippen LogP contribution in [-0.4, -0.2) is 163 Å². The van der Waals surface area contributed by atoms with Crippen LogP contribution in [0.4, 0.5) is 4.79 Å². The van der Waals surface area contributed by atoms with Gasteiger partial charge in [0.15, 0.2) is 0 Å². The molecule has 12 N–H and O–H groups in total. The number of hydrogen-bond acceptors (Lipinski definition) is 17. The van der Waals surface area contributed by atoms with Crippen LogP contribution in [-0.2, 0) is 33.5 Å². The first-order valence-corrected chi connectivity index (χ1v) is 27.5. The summed E-state index contributed by atoms with van der Waals surface area (Å²) in [6.45, 7) is 6.43. The summed E-state index contributed by atoms with van der Waals surface area (Å²) < 4.78 is 5.27. The minimum absolute atomic E-state index is 0.00282. The average molecular weight is 1080 g/mol. The number of ketones is 1. The van der Waals surface area contributed by atoms with Gasteiger partial charge in [-0.25, -0.2) is 9.59 Å². The number of unbranched alkanes of at least 4 members (excludes halogenated alkanes) is 1. The van der Waals surface area contributed by atoms with E-state index in [4.69, 9.17) is 10.5 Å². The Hall–Kier alpha value is -4.07. The number of fused-ring (bicyclic) bond motifs is 3. The number of nitrogens with two attached hydrogens (primary N) is 1. The number of hydrogen-bond donors (Lipinski definition) is 13. The Balaban J connectivity index is 1.82. The molecule has 0 aromatic heterocycles. The quantitative estimate of drug-likeness (QED) is 0.0272. The highest BCUT2D eigenvalue weighted by molar-refractivity contribution is 8.17. The number of aliphatic hydroxyl groups is 4. The first-order chi connectivity index (χ1) is 34.2. The number of thiol groups is 2. The van der Waals surface area contributed by atoms with Crippen LogP contribution >= 0.6 is 48.8 Å². The van der Waals surface area contributed by atoms with Gasteiger partial charge >= 0.3 is 12.1 Å². The lowest BCUT2D eigenvalue weighted by molar-refractivity contribution is -0.143. The van der Waals surface area contributed by atoms with Crippen molar-refractivity contribution in [2.45, 2.75) is 132 Å². The van der Waals surface area contributed by atoms with Crippen LogP contribution in [0.5, 0.6) is 0 Å². The smallest absolute Gasteiger partial charge is 0.407 e. The lowest BCUT2D eigenvalue weighted by Crippen LogP contribution is -2.56. The number of carbonyl (C=O) groups excluding carboxylic acids is 6. The Labute approximate surface area is 441 Å². The van der Waals surface area contributed by atoms with E-state index < -0.39 is 114 Å². The van der Waals surface area contributed by atoms with Crippen LogP contribution in [0, 0.1) is 11.8 Å². The molecule has 0 saturated heterocycles. The van der Waals surface area contributed by atoms with Gasteiger partial charge in [-0.1, -0.05) is 76.2 Å². The van der Waals surface area contributed by atoms with E-state index in [2.05, 4.69) is 51.8 Å². The van der Waals surface area contributed by atoms with E-state index in [0.717, 1.165) is 22.3 Å². The fraction of sp³-hybridized carbons (Fsp3) is 0.612. The first-order valence-electron chi connectivity index (χ1n) is 24.1. The van der Waals surface area contributed by atoms with Crippen LogP contribution in [0.2, 0.25) is 0 Å². The summed E-state index contributed by atoms with van der Waals surface area (Å²) in [7, 11) is 0. The highest BCUT2D eigenvalue weighted by Gasteiger charge is 2.34. The number of nitrogens with one attached hydrogen (secondary N) is 5. The van der Waals surface area contributed by atoms with Crippen LogP contribution in [0.3, 0.4) is 0 Å². The fourth-order valence-corrected chi connectivity index (χ4v) is 10.9. The van der Waals surface area contributed by atoms with Crippen LogP contribution in [0.15, 0.2) is 48.5 Å². The number of thioether (sulfide) groups is 2. The summed E-state index contributed by atoms with van der Waals surface area (Å²) in [6.07, 6.45) is -4.92. The zero-order valence-electron chi connectivity index (χ0n) is 41.2. The molecule has 5 amide bonds. The third-order valence-corrected chi connectivity index (χ3v) is 15.7. The second kappa shape index (κ2) is 32.3. The number of carboxylic acids is 1. The summed E-state index contributed by atoms with van der Waals surface area (Å²) in [4.78, 5) is 93.8. The van der Waals surface area contributed by atoms with E-state index in [1.807, 2.05) is 62.4 Å². The molecule has 3 rings (SSSR count). The van der Waals surface area contributed by atoms with Crippen LogP contribution < -0.4 is 32.3 Å². The standard InChI is InChI=1S/C49H74N6O13S4/c1-27(2)19-36(54-49(67)68-22-34-32-13-7-5-11-30(32)31-12-6-8-14-33(31)34)47(64)53-37(20-29(56)16-17-43(71-25-40(59)38(57)23-69)72-26-41(60)39(58)24-70)45(62)51-21-42(61)52-35(15-9-10-18-50)46(63)55-44(28(3)4)48(65)66/h5-8,11-14,27-28,34-41,43-44,57-60,69-70H,9-10,15-26,50H2,1-4H3,(H,51,62)(H,52,61)(H,53,64)(H,54,67)(H,55,63)(H,65,66)/t35-,36-,37-,38?,39?,40?,41?,43?,44-/m0/s1. The van der Waals surface area contributed by atoms with Gasteiger partial charge in [-0.15, -0.1) is 23.5 Å². The maximum absolute atomic E-state index is 14.1. The Kier molecular flexibility index (Phi) is 27.9. The molecule has 4 unspecified atom stereocenters. The maximum atomic E-state index is 14.1. The van der Waals surface area contributed by atoms with Crippen molar-refractivity contribution in [1.82, 2.24) is 26.6 Å². The lowest BCUT2D eigenvalue weighted by Gasteiger charge is -2.25. The topological polar surface area (TPSA) is 316 Å². The Morgan fingerprint density at radius 3 is 1.76 bits per heavy atom. The SMILES string of the molecule is CC(C)C[C@H](NC(=O)OCC1c2ccccc2-c2ccccc21)C(=O)N[C@@H](CC(=O)CCC(SCC(O)C(O)CS)SCC(O)C(O)CS)C(=O)NCC(=O)N[C@@H](CCCCN)C(=O)N[C@H](C(=O)O)C(C)C. The number of amides is 5. The summed E-state index contributed by atoms with van der Waals surface area (Å²) in [5.41, 5.74) is 9.66. The molecule has 0 saturated carbocycles. The molecule has 23 heteroatoms. The maximum Gasteiger partial charge on any atom is 0.407 e. The van der Waals surface area contributed by atoms with Gasteiger partial charge in [-0.2, -0.15) is 25.3 Å². The highest BCUT2D eigenvalue weighted by atomic mass is 32.2. The zero-order chi connectivity index (χ0) is 53.5. The molecule has 1 aliphatic rings. The van der Waals surface area contributed by atoms with Crippen molar-refractivity contribution in [2.75, 3.05) is 42.7 Å². The third kappa shape index (κ3) is 20.7. The van der Waals surface area contributed by atoms with E-state index in [1.54, 1.807) is 13.8 Å². The Bertz CT molecular complexity index is 2020. The molecular formula is C49H74N6O13S4. The molecule has 0 heterocycles. The highest BCUT2D eigenvalue weighted by Crippen LogP contribution is 2.44. The molecule has 0 bridgehead atoms. The predicted octanol–water partition coefficient (Wildman–Crippen LogP) is 2.22. The molecule has 402 valence electrons. The van der Waals surface area contributed by atoms with Crippen molar-refractivity contribution in [3.63, 3.8) is 0 Å². The lowest BCUT2D eigenvalue weighted by atomic mass is 9.98. The van der Waals surface area contributed by atoms with Crippen molar-refractivity contribution in [2.24, 2.45) is 17.6 Å². The van der Waals surface area contributed by atoms with Gasteiger partial charge in [-0.05, 0) is 72.7 Å². The average Bonchev–Trinajstić information content (AvgIpc) is 3.67. The number of rotatable bonds is 34.